The minimum Gasteiger partial charge on any atom is -0.493 e. The summed E-state index contributed by atoms with van der Waals surface area (Å²) in [5.41, 5.74) is 9.48. The lowest BCUT2D eigenvalue weighted by molar-refractivity contribution is -0.142. The van der Waals surface area contributed by atoms with Crippen molar-refractivity contribution in [2.45, 2.75) is 95.0 Å². The van der Waals surface area contributed by atoms with Gasteiger partial charge in [0.15, 0.2) is 0 Å². The van der Waals surface area contributed by atoms with Gasteiger partial charge in [-0.15, -0.1) is 0 Å². The van der Waals surface area contributed by atoms with Crippen molar-refractivity contribution in [2.24, 2.45) is 5.73 Å². The molecule has 4 amide bonds. The molecule has 2 aromatic carbocycles. The number of carbonyl (C=O) groups excluding carboxylic acids is 4. The summed E-state index contributed by atoms with van der Waals surface area (Å²) in [6.07, 6.45) is 4.78. The van der Waals surface area contributed by atoms with Gasteiger partial charge in [0.25, 0.3) is 0 Å². The first kappa shape index (κ1) is 33.7. The summed E-state index contributed by atoms with van der Waals surface area (Å²) in [5, 5.41) is 8.97. The Labute approximate surface area is 282 Å². The zero-order valence-corrected chi connectivity index (χ0v) is 28.1. The molecule has 4 heterocycles. The van der Waals surface area contributed by atoms with Crippen LogP contribution in [0.25, 0.3) is 11.1 Å². The first-order valence-electron chi connectivity index (χ1n) is 17.4. The van der Waals surface area contributed by atoms with Crippen molar-refractivity contribution in [3.63, 3.8) is 0 Å². The Hall–Kier alpha value is -4.16. The SMILES string of the molecule is CC[C@H](NC(=O)[C@H](C)NC)C(=O)N1CCC[C@H]1C(=O)N[C@@H]1CCOc2c(-c3cccc4c3OCC[C@H]4N3CCCC3C(N)=O)cccc21. The molecular formula is C36H48N6O6. The standard InChI is InChI=1S/C36H48N6O6/c1-4-26(39-34(44)21(2)38-3)36(46)42-18-8-14-30(42)35(45)40-27-15-19-47-31-22(9-5-11-24(27)31)23-10-6-12-25-28(16-20-48-32(23)25)41-17-7-13-29(41)33(37)43/h5-6,9-12,21,26-30,38H,4,7-8,13-20H2,1-3H3,(H2,37,43)(H,39,44)(H,40,45)/t21-,26-,27+,28+,29?,30-/m0/s1. The number of nitrogens with two attached hydrogens (primary N) is 1. The lowest BCUT2D eigenvalue weighted by Crippen LogP contribution is -2.55. The number of nitrogens with one attached hydrogen (secondary N) is 3. The lowest BCUT2D eigenvalue weighted by atomic mass is 9.90. The average Bonchev–Trinajstić information content (AvgIpc) is 3.80. The Morgan fingerprint density at radius 3 is 2.23 bits per heavy atom. The first-order valence-corrected chi connectivity index (χ1v) is 17.4. The van der Waals surface area contributed by atoms with Gasteiger partial charge < -0.3 is 36.1 Å². The van der Waals surface area contributed by atoms with Gasteiger partial charge in [0.05, 0.1) is 31.3 Å². The van der Waals surface area contributed by atoms with Gasteiger partial charge in [-0.2, -0.15) is 0 Å². The molecule has 6 atom stereocenters. The number of benzene rings is 2. The molecule has 12 nitrogen and oxygen atoms in total. The van der Waals surface area contributed by atoms with Crippen LogP contribution in [-0.2, 0) is 19.2 Å². The number of para-hydroxylation sites is 2. The third kappa shape index (κ3) is 6.47. The fraction of sp³-hybridized carbons (Fsp3) is 0.556. The predicted molar refractivity (Wildman–Crippen MR) is 180 cm³/mol. The molecule has 48 heavy (non-hydrogen) atoms. The van der Waals surface area contributed by atoms with Gasteiger partial charge in [-0.05, 0) is 52.6 Å². The maximum Gasteiger partial charge on any atom is 0.245 e. The summed E-state index contributed by atoms with van der Waals surface area (Å²) < 4.78 is 12.6. The fourth-order valence-electron chi connectivity index (χ4n) is 7.75. The highest BCUT2D eigenvalue weighted by atomic mass is 16.5. The van der Waals surface area contributed by atoms with Crippen molar-refractivity contribution in [3.05, 3.63) is 47.5 Å². The van der Waals surface area contributed by atoms with Crippen molar-refractivity contribution in [1.82, 2.24) is 25.8 Å². The maximum absolute atomic E-state index is 13.8. The zero-order chi connectivity index (χ0) is 33.9. The molecule has 6 rings (SSSR count). The Morgan fingerprint density at radius 2 is 1.54 bits per heavy atom. The molecule has 12 heteroatoms. The van der Waals surface area contributed by atoms with E-state index >= 15 is 0 Å². The topological polar surface area (TPSA) is 155 Å². The van der Waals surface area contributed by atoms with E-state index in [4.69, 9.17) is 15.2 Å². The number of hydrogen-bond donors (Lipinski definition) is 4. The second kappa shape index (κ2) is 14.5. The van der Waals surface area contributed by atoms with Crippen LogP contribution in [0.15, 0.2) is 36.4 Å². The number of likely N-dealkylation sites (tertiary alicyclic amines) is 2. The molecule has 0 aliphatic carbocycles. The second-order valence-electron chi connectivity index (χ2n) is 13.3. The number of rotatable bonds is 10. The van der Waals surface area contributed by atoms with E-state index in [0.717, 1.165) is 53.8 Å². The quantitative estimate of drug-likeness (QED) is 0.303. The molecule has 2 fully saturated rings. The molecule has 2 aromatic rings. The molecule has 0 aromatic heterocycles. The third-order valence-corrected chi connectivity index (χ3v) is 10.4. The summed E-state index contributed by atoms with van der Waals surface area (Å²) in [7, 11) is 1.69. The van der Waals surface area contributed by atoms with Crippen molar-refractivity contribution in [2.75, 3.05) is 33.4 Å². The zero-order valence-electron chi connectivity index (χ0n) is 28.1. The minimum absolute atomic E-state index is 0.0330. The van der Waals surface area contributed by atoms with E-state index in [2.05, 4.69) is 26.9 Å². The molecule has 0 spiro atoms. The summed E-state index contributed by atoms with van der Waals surface area (Å²) >= 11 is 0. The number of hydrogen-bond acceptors (Lipinski definition) is 8. The number of ether oxygens (including phenoxy) is 2. The van der Waals surface area contributed by atoms with E-state index in [9.17, 15) is 19.2 Å². The predicted octanol–water partition coefficient (Wildman–Crippen LogP) is 2.56. The van der Waals surface area contributed by atoms with Gasteiger partial charge in [0.2, 0.25) is 23.6 Å². The van der Waals surface area contributed by atoms with E-state index in [1.807, 2.05) is 37.3 Å². The second-order valence-corrected chi connectivity index (χ2v) is 13.3. The van der Waals surface area contributed by atoms with Gasteiger partial charge in [-0.1, -0.05) is 43.3 Å². The van der Waals surface area contributed by atoms with Crippen LogP contribution < -0.4 is 31.2 Å². The monoisotopic (exact) mass is 660 g/mol. The fourth-order valence-corrected chi connectivity index (χ4v) is 7.75. The summed E-state index contributed by atoms with van der Waals surface area (Å²) in [5.74, 6) is 0.525. The molecule has 2 saturated heterocycles. The molecule has 0 bridgehead atoms. The third-order valence-electron chi connectivity index (χ3n) is 10.4. The smallest absolute Gasteiger partial charge is 0.245 e. The minimum atomic E-state index is -0.696. The molecular weight excluding hydrogens is 612 g/mol. The van der Waals surface area contributed by atoms with Crippen LogP contribution >= 0.6 is 0 Å². The number of primary amides is 1. The van der Waals surface area contributed by atoms with Gasteiger partial charge in [0.1, 0.15) is 23.6 Å². The number of likely N-dealkylation sites (N-methyl/N-ethyl adjacent to an activating group) is 1. The van der Waals surface area contributed by atoms with Crippen molar-refractivity contribution >= 4 is 23.6 Å². The molecule has 5 N–H and O–H groups in total. The average molecular weight is 661 g/mol. The van der Waals surface area contributed by atoms with Crippen LogP contribution in [0.2, 0.25) is 0 Å². The van der Waals surface area contributed by atoms with E-state index in [1.165, 1.54) is 0 Å². The summed E-state index contributed by atoms with van der Waals surface area (Å²) in [4.78, 5) is 56.0. The van der Waals surface area contributed by atoms with Crippen LogP contribution in [0.4, 0.5) is 0 Å². The Morgan fingerprint density at radius 1 is 0.896 bits per heavy atom. The largest absolute Gasteiger partial charge is 0.493 e. The van der Waals surface area contributed by atoms with Crippen LogP contribution in [0.3, 0.4) is 0 Å². The Kier molecular flexibility index (Phi) is 10.2. The van der Waals surface area contributed by atoms with Crippen molar-refractivity contribution < 1.29 is 28.7 Å². The first-order chi connectivity index (χ1) is 23.2. The van der Waals surface area contributed by atoms with Crippen LogP contribution in [0.1, 0.15) is 82.0 Å². The number of carbonyl (C=O) groups is 4. The lowest BCUT2D eigenvalue weighted by Gasteiger charge is -2.37. The highest BCUT2D eigenvalue weighted by Crippen LogP contribution is 2.48. The molecule has 4 aliphatic rings. The van der Waals surface area contributed by atoms with Gasteiger partial charge in [-0.3, -0.25) is 24.1 Å². The molecule has 0 saturated carbocycles. The number of fused-ring (bicyclic) bond motifs is 2. The summed E-state index contributed by atoms with van der Waals surface area (Å²) in [6.45, 7) is 5.83. The Balaban J connectivity index is 1.22. The molecule has 4 aliphatic heterocycles. The summed E-state index contributed by atoms with van der Waals surface area (Å²) in [6, 6.07) is 9.80. The molecule has 0 radical (unpaired) electrons. The number of amides is 4. The normalized spacial score (nSPS) is 24.8. The van der Waals surface area contributed by atoms with Crippen molar-refractivity contribution in [3.8, 4) is 22.6 Å². The van der Waals surface area contributed by atoms with E-state index in [1.54, 1.807) is 18.9 Å². The molecule has 258 valence electrons. The van der Waals surface area contributed by atoms with Gasteiger partial charge >= 0.3 is 0 Å². The van der Waals surface area contributed by atoms with Crippen LogP contribution in [0.5, 0.6) is 11.5 Å². The van der Waals surface area contributed by atoms with Gasteiger partial charge in [-0.25, -0.2) is 0 Å². The highest BCUT2D eigenvalue weighted by molar-refractivity contribution is 5.93. The van der Waals surface area contributed by atoms with Crippen LogP contribution in [-0.4, -0.2) is 90.9 Å². The Bertz CT molecular complexity index is 1550. The number of nitrogens with zero attached hydrogens (tertiary/aromatic N) is 2. The highest BCUT2D eigenvalue weighted by Gasteiger charge is 2.40. The van der Waals surface area contributed by atoms with E-state index < -0.39 is 18.1 Å². The van der Waals surface area contributed by atoms with Crippen LogP contribution in [0, 0.1) is 0 Å². The molecule has 1 unspecified atom stereocenters. The maximum atomic E-state index is 13.8. The van der Waals surface area contributed by atoms with E-state index in [0.29, 0.717) is 51.2 Å². The van der Waals surface area contributed by atoms with Crippen molar-refractivity contribution in [1.29, 1.82) is 0 Å². The van der Waals surface area contributed by atoms with E-state index in [-0.39, 0.29) is 41.8 Å². The van der Waals surface area contributed by atoms with Gasteiger partial charge in [0, 0.05) is 47.7 Å².